The first kappa shape index (κ1) is 29.5. The highest BCUT2D eigenvalue weighted by Crippen LogP contribution is 2.28. The smallest absolute Gasteiger partial charge is 0.327 e. The van der Waals surface area contributed by atoms with Crippen molar-refractivity contribution in [2.45, 2.75) is 59.1 Å². The Labute approximate surface area is 239 Å². The lowest BCUT2D eigenvalue weighted by Gasteiger charge is -2.18. The Kier molecular flexibility index (Phi) is 9.52. The van der Waals surface area contributed by atoms with Crippen LogP contribution in [0.3, 0.4) is 0 Å². The molecule has 9 nitrogen and oxygen atoms in total. The van der Waals surface area contributed by atoms with E-state index in [2.05, 4.69) is 9.97 Å². The molecule has 4 aromatic rings. The van der Waals surface area contributed by atoms with Gasteiger partial charge in [0.1, 0.15) is 17.6 Å². The van der Waals surface area contributed by atoms with E-state index < -0.39 is 18.0 Å². The van der Waals surface area contributed by atoms with Crippen molar-refractivity contribution in [3.63, 3.8) is 0 Å². The molecule has 3 N–H and O–H groups in total. The number of nitrogens with zero attached hydrogens (tertiary/aromatic N) is 2. The summed E-state index contributed by atoms with van der Waals surface area (Å²) in [5, 5.41) is 9.11. The van der Waals surface area contributed by atoms with Gasteiger partial charge in [-0.05, 0) is 81.1 Å². The predicted octanol–water partition coefficient (Wildman–Crippen LogP) is 5.61. The molecule has 4 rings (SSSR count). The van der Waals surface area contributed by atoms with Crippen molar-refractivity contribution < 1.29 is 28.6 Å². The maximum atomic E-state index is 12.5. The van der Waals surface area contributed by atoms with Gasteiger partial charge < -0.3 is 24.7 Å². The van der Waals surface area contributed by atoms with Crippen molar-refractivity contribution in [3.8, 4) is 28.5 Å². The van der Waals surface area contributed by atoms with E-state index in [4.69, 9.17) is 24.7 Å². The largest absolute Gasteiger partial charge is 0.493 e. The zero-order valence-electron chi connectivity index (χ0n) is 23.7. The summed E-state index contributed by atoms with van der Waals surface area (Å²) in [7, 11) is 0. The third-order valence-electron chi connectivity index (χ3n) is 6.58. The molecule has 41 heavy (non-hydrogen) atoms. The monoisotopic (exact) mass is 557 g/mol. The topological polar surface area (TPSA) is 138 Å². The molecule has 1 atom stereocenters. The number of aliphatic carboxylic acids is 1. The molecule has 2 aromatic carbocycles. The van der Waals surface area contributed by atoms with E-state index in [1.165, 1.54) is 0 Å². The van der Waals surface area contributed by atoms with E-state index in [1.54, 1.807) is 38.2 Å². The van der Waals surface area contributed by atoms with Crippen LogP contribution in [0.25, 0.3) is 22.7 Å². The third kappa shape index (κ3) is 7.58. The summed E-state index contributed by atoms with van der Waals surface area (Å²) in [5.41, 5.74) is 12.1. The van der Waals surface area contributed by atoms with Crippen LogP contribution in [-0.4, -0.2) is 39.7 Å². The molecule has 0 aliphatic heterocycles. The average Bonchev–Trinajstić information content (AvgIpc) is 3.32. The van der Waals surface area contributed by atoms with E-state index in [1.807, 2.05) is 50.2 Å². The maximum absolute atomic E-state index is 12.5. The highest BCUT2D eigenvalue weighted by atomic mass is 16.5. The number of hydrogen-bond donors (Lipinski definition) is 2. The number of nitrogens with two attached hydrogens (primary N) is 1. The Morgan fingerprint density at radius 3 is 2.44 bits per heavy atom. The fourth-order valence-electron chi connectivity index (χ4n) is 4.46. The van der Waals surface area contributed by atoms with E-state index in [0.29, 0.717) is 41.6 Å². The number of carbonyl (C=O) groups is 2. The summed E-state index contributed by atoms with van der Waals surface area (Å²) in [6.07, 6.45) is 2.10. The highest BCUT2D eigenvalue weighted by molar-refractivity contribution is 5.78. The zero-order valence-corrected chi connectivity index (χ0v) is 23.7. The Bertz CT molecular complexity index is 1510. The summed E-state index contributed by atoms with van der Waals surface area (Å²) in [5.74, 6) is 0.227. The van der Waals surface area contributed by atoms with Gasteiger partial charge in [-0.25, -0.2) is 9.78 Å². The minimum atomic E-state index is -1.06. The van der Waals surface area contributed by atoms with Crippen molar-refractivity contribution in [1.29, 1.82) is 0 Å². The van der Waals surface area contributed by atoms with Crippen LogP contribution in [0.2, 0.25) is 0 Å². The van der Waals surface area contributed by atoms with Crippen LogP contribution in [0.4, 0.5) is 0 Å². The summed E-state index contributed by atoms with van der Waals surface area (Å²) in [6.45, 7) is 7.69. The number of benzene rings is 2. The van der Waals surface area contributed by atoms with Gasteiger partial charge in [0.25, 0.3) is 0 Å². The molecule has 0 spiro atoms. The molecule has 2 heterocycles. The molecule has 0 radical (unpaired) electrons. The van der Waals surface area contributed by atoms with Crippen LogP contribution in [-0.2, 0) is 27.2 Å². The molecule has 0 bridgehead atoms. The molecule has 9 heteroatoms. The Hall–Kier alpha value is -4.50. The zero-order chi connectivity index (χ0) is 29.5. The molecule has 214 valence electrons. The fraction of sp³-hybridized carbons (Fsp3) is 0.312. The van der Waals surface area contributed by atoms with E-state index in [0.717, 1.165) is 28.1 Å². The number of ether oxygens (including phenoxy) is 2. The number of aromatic nitrogens is 2. The van der Waals surface area contributed by atoms with Crippen LogP contribution < -0.4 is 10.5 Å². The highest BCUT2D eigenvalue weighted by Gasteiger charge is 2.23. The number of pyridine rings is 1. The predicted molar refractivity (Wildman–Crippen MR) is 154 cm³/mol. The SMILES string of the molecule is Cc1cccnc1-c1ccc(-c2nc(CCOc3ccc(CCC(=O)O)c(C(N)C(=O)OC(C)C)c3)c(C)o2)cc1. The van der Waals surface area contributed by atoms with Crippen LogP contribution in [0.5, 0.6) is 5.75 Å². The molecular formula is C32H35N3O6. The van der Waals surface area contributed by atoms with Crippen molar-refractivity contribution in [1.82, 2.24) is 9.97 Å². The van der Waals surface area contributed by atoms with Gasteiger partial charge in [-0.15, -0.1) is 0 Å². The van der Waals surface area contributed by atoms with Crippen LogP contribution >= 0.6 is 0 Å². The van der Waals surface area contributed by atoms with E-state index in [9.17, 15) is 9.59 Å². The summed E-state index contributed by atoms with van der Waals surface area (Å²) >= 11 is 0. The van der Waals surface area contributed by atoms with Crippen LogP contribution in [0.1, 0.15) is 54.5 Å². The molecule has 0 aliphatic rings. The van der Waals surface area contributed by atoms with Gasteiger partial charge >= 0.3 is 11.9 Å². The van der Waals surface area contributed by atoms with Gasteiger partial charge in [0.15, 0.2) is 0 Å². The van der Waals surface area contributed by atoms with E-state index >= 15 is 0 Å². The van der Waals surface area contributed by atoms with Crippen molar-refractivity contribution in [2.75, 3.05) is 6.61 Å². The fourth-order valence-corrected chi connectivity index (χ4v) is 4.46. The number of carbonyl (C=O) groups excluding carboxylic acids is 1. The lowest BCUT2D eigenvalue weighted by Crippen LogP contribution is -2.27. The second-order valence-corrected chi connectivity index (χ2v) is 10.1. The third-order valence-corrected chi connectivity index (χ3v) is 6.58. The molecule has 0 saturated carbocycles. The normalized spacial score (nSPS) is 11.9. The first-order valence-electron chi connectivity index (χ1n) is 13.5. The number of esters is 1. The lowest BCUT2D eigenvalue weighted by molar-refractivity contribution is -0.149. The minimum absolute atomic E-state index is 0.0849. The number of carboxylic acid groups (broad SMARTS) is 1. The van der Waals surface area contributed by atoms with Crippen molar-refractivity contribution in [2.24, 2.45) is 5.73 Å². The number of hydrogen-bond acceptors (Lipinski definition) is 8. The Balaban J connectivity index is 1.44. The van der Waals surface area contributed by atoms with Gasteiger partial charge in [0, 0.05) is 30.2 Å². The molecule has 0 amide bonds. The van der Waals surface area contributed by atoms with Crippen LogP contribution in [0, 0.1) is 13.8 Å². The van der Waals surface area contributed by atoms with Gasteiger partial charge in [0.2, 0.25) is 5.89 Å². The Morgan fingerprint density at radius 1 is 1.02 bits per heavy atom. The molecular weight excluding hydrogens is 522 g/mol. The molecule has 2 aromatic heterocycles. The maximum Gasteiger partial charge on any atom is 0.327 e. The quantitative estimate of drug-likeness (QED) is 0.213. The van der Waals surface area contributed by atoms with Gasteiger partial charge in [0.05, 0.1) is 24.1 Å². The van der Waals surface area contributed by atoms with Crippen molar-refractivity contribution in [3.05, 3.63) is 88.9 Å². The molecule has 0 aliphatic carbocycles. The second-order valence-electron chi connectivity index (χ2n) is 10.1. The summed E-state index contributed by atoms with van der Waals surface area (Å²) in [4.78, 5) is 32.8. The van der Waals surface area contributed by atoms with Gasteiger partial charge in [-0.2, -0.15) is 0 Å². The lowest BCUT2D eigenvalue weighted by atomic mass is 9.97. The summed E-state index contributed by atoms with van der Waals surface area (Å²) in [6, 6.07) is 16.0. The molecule has 0 fully saturated rings. The standard InChI is InChI=1S/C32H35N3O6/c1-19(2)40-32(38)29(33)26-18-25(13-11-22(26)12-14-28(36)37)39-17-15-27-21(4)41-31(35-27)24-9-7-23(8-10-24)30-20(3)6-5-16-34-30/h5-11,13,16,18-19,29H,12,14-15,17,33H2,1-4H3,(H,36,37). The minimum Gasteiger partial charge on any atom is -0.493 e. The average molecular weight is 558 g/mol. The molecule has 1 unspecified atom stereocenters. The first-order chi connectivity index (χ1) is 19.6. The van der Waals surface area contributed by atoms with Crippen LogP contribution in [0.15, 0.2) is 65.2 Å². The number of rotatable bonds is 12. The van der Waals surface area contributed by atoms with Gasteiger partial charge in [-0.3, -0.25) is 9.78 Å². The molecule has 0 saturated heterocycles. The first-order valence-corrected chi connectivity index (χ1v) is 13.5. The number of aryl methyl sites for hydroxylation is 3. The summed E-state index contributed by atoms with van der Waals surface area (Å²) < 4.78 is 17.2. The number of carboxylic acids is 1. The van der Waals surface area contributed by atoms with Gasteiger partial charge in [-0.1, -0.05) is 24.3 Å². The number of oxazole rings is 1. The Morgan fingerprint density at radius 2 is 1.76 bits per heavy atom. The van der Waals surface area contributed by atoms with E-state index in [-0.39, 0.29) is 18.9 Å². The van der Waals surface area contributed by atoms with Crippen molar-refractivity contribution >= 4 is 11.9 Å². The second kappa shape index (κ2) is 13.2.